The maximum Gasteiger partial charge on any atom is 0.141 e. The molecule has 1 heterocycles. The van der Waals surface area contributed by atoms with Gasteiger partial charge in [-0.25, -0.2) is 4.68 Å². The molecule has 1 aromatic heterocycles. The lowest BCUT2D eigenvalue weighted by Gasteiger charge is -2.11. The van der Waals surface area contributed by atoms with E-state index in [0.717, 1.165) is 5.56 Å². The highest BCUT2D eigenvalue weighted by Gasteiger charge is 1.92. The number of allylic oxidation sites excluding steroid dienone is 1. The fourth-order valence-corrected chi connectivity index (χ4v) is 1.41. The van der Waals surface area contributed by atoms with Crippen molar-refractivity contribution in [2.75, 3.05) is 19.0 Å². The van der Waals surface area contributed by atoms with Crippen molar-refractivity contribution in [1.29, 1.82) is 0 Å². The molecular formula is C13H15N5. The van der Waals surface area contributed by atoms with Crippen molar-refractivity contribution in [3.63, 3.8) is 0 Å². The maximum absolute atomic E-state index is 4.10. The van der Waals surface area contributed by atoms with Crippen molar-refractivity contribution in [1.82, 2.24) is 14.9 Å². The van der Waals surface area contributed by atoms with Gasteiger partial charge in [-0.3, -0.25) is 0 Å². The molecule has 92 valence electrons. The van der Waals surface area contributed by atoms with Gasteiger partial charge in [-0.15, -0.1) is 10.2 Å². The van der Waals surface area contributed by atoms with E-state index in [0.29, 0.717) is 0 Å². The largest absolute Gasteiger partial charge is 0.378 e. The summed E-state index contributed by atoms with van der Waals surface area (Å²) in [5, 5.41) is 11.4. The third-order valence-corrected chi connectivity index (χ3v) is 2.39. The zero-order valence-electron chi connectivity index (χ0n) is 10.4. The molecule has 0 spiro atoms. The SMILES string of the molecule is CN(C)c1ccc(C=CC=Nn2cnnc2)cc1. The van der Waals surface area contributed by atoms with E-state index in [4.69, 9.17) is 0 Å². The van der Waals surface area contributed by atoms with Crippen LogP contribution in [0.5, 0.6) is 0 Å². The number of hydrogen-bond donors (Lipinski definition) is 0. The van der Waals surface area contributed by atoms with E-state index in [9.17, 15) is 0 Å². The predicted octanol–water partition coefficient (Wildman–Crippen LogP) is 1.89. The van der Waals surface area contributed by atoms with Gasteiger partial charge in [-0.1, -0.05) is 18.2 Å². The monoisotopic (exact) mass is 241 g/mol. The summed E-state index contributed by atoms with van der Waals surface area (Å²) in [7, 11) is 4.05. The van der Waals surface area contributed by atoms with Crippen LogP contribution in [0, 0.1) is 0 Å². The highest BCUT2D eigenvalue weighted by molar-refractivity contribution is 5.78. The molecule has 1 aromatic carbocycles. The topological polar surface area (TPSA) is 46.3 Å². The minimum atomic E-state index is 1.14. The third-order valence-electron chi connectivity index (χ3n) is 2.39. The Kier molecular flexibility index (Phi) is 3.86. The normalized spacial score (nSPS) is 11.4. The molecule has 0 bridgehead atoms. The molecule has 2 aromatic rings. The Morgan fingerprint density at radius 1 is 1.11 bits per heavy atom. The van der Waals surface area contributed by atoms with Crippen molar-refractivity contribution < 1.29 is 0 Å². The summed E-state index contributed by atoms with van der Waals surface area (Å²) < 4.78 is 1.54. The average molecular weight is 241 g/mol. The molecular weight excluding hydrogens is 226 g/mol. The molecule has 0 aliphatic rings. The van der Waals surface area contributed by atoms with Crippen molar-refractivity contribution in [3.8, 4) is 0 Å². The minimum Gasteiger partial charge on any atom is -0.378 e. The van der Waals surface area contributed by atoms with Crippen molar-refractivity contribution >= 4 is 18.0 Å². The zero-order chi connectivity index (χ0) is 12.8. The quantitative estimate of drug-likeness (QED) is 0.768. The number of anilines is 1. The zero-order valence-corrected chi connectivity index (χ0v) is 10.4. The summed E-state index contributed by atoms with van der Waals surface area (Å²) in [4.78, 5) is 2.07. The van der Waals surface area contributed by atoms with Crippen LogP contribution in [0.4, 0.5) is 5.69 Å². The Morgan fingerprint density at radius 2 is 1.78 bits per heavy atom. The minimum absolute atomic E-state index is 1.14. The van der Waals surface area contributed by atoms with Crippen LogP contribution < -0.4 is 4.90 Å². The second-order valence-corrected chi connectivity index (χ2v) is 3.95. The second kappa shape index (κ2) is 5.77. The average Bonchev–Trinajstić information content (AvgIpc) is 2.88. The predicted molar refractivity (Wildman–Crippen MR) is 73.7 cm³/mol. The summed E-state index contributed by atoms with van der Waals surface area (Å²) in [5.74, 6) is 0. The summed E-state index contributed by atoms with van der Waals surface area (Å²) >= 11 is 0. The molecule has 0 atom stereocenters. The second-order valence-electron chi connectivity index (χ2n) is 3.95. The first kappa shape index (κ1) is 12.0. The van der Waals surface area contributed by atoms with Crippen LogP contribution >= 0.6 is 0 Å². The third kappa shape index (κ3) is 3.28. The lowest BCUT2D eigenvalue weighted by atomic mass is 10.2. The van der Waals surface area contributed by atoms with Gasteiger partial charge in [0.1, 0.15) is 12.7 Å². The number of aromatic nitrogens is 3. The maximum atomic E-state index is 4.10. The summed E-state index contributed by atoms with van der Waals surface area (Å²) in [5.41, 5.74) is 2.32. The van der Waals surface area contributed by atoms with E-state index in [2.05, 4.69) is 44.5 Å². The van der Waals surface area contributed by atoms with E-state index < -0.39 is 0 Å². The fourth-order valence-electron chi connectivity index (χ4n) is 1.41. The molecule has 0 saturated heterocycles. The number of nitrogens with zero attached hydrogens (tertiary/aromatic N) is 5. The molecule has 0 radical (unpaired) electrons. The van der Waals surface area contributed by atoms with Crippen molar-refractivity contribution in [2.45, 2.75) is 0 Å². The Hall–Kier alpha value is -2.43. The van der Waals surface area contributed by atoms with Gasteiger partial charge >= 0.3 is 0 Å². The van der Waals surface area contributed by atoms with Crippen molar-refractivity contribution in [2.24, 2.45) is 5.10 Å². The van der Waals surface area contributed by atoms with Gasteiger partial charge < -0.3 is 4.90 Å². The van der Waals surface area contributed by atoms with Crippen LogP contribution in [0.1, 0.15) is 5.56 Å². The van der Waals surface area contributed by atoms with Crippen molar-refractivity contribution in [3.05, 3.63) is 48.6 Å². The molecule has 0 aliphatic heterocycles. The van der Waals surface area contributed by atoms with Crippen LogP contribution in [0.15, 0.2) is 48.1 Å². The van der Waals surface area contributed by atoms with E-state index in [1.807, 2.05) is 26.2 Å². The van der Waals surface area contributed by atoms with Crippen LogP contribution in [-0.4, -0.2) is 35.2 Å². The van der Waals surface area contributed by atoms with Gasteiger partial charge in [0, 0.05) is 26.0 Å². The lowest BCUT2D eigenvalue weighted by molar-refractivity contribution is 0.879. The molecule has 0 saturated carbocycles. The fraction of sp³-hybridized carbons (Fsp3) is 0.154. The van der Waals surface area contributed by atoms with E-state index in [1.165, 1.54) is 18.3 Å². The van der Waals surface area contributed by atoms with Gasteiger partial charge in [-0.2, -0.15) is 5.10 Å². The van der Waals surface area contributed by atoms with E-state index in [1.54, 1.807) is 10.9 Å². The van der Waals surface area contributed by atoms with Gasteiger partial charge in [0.2, 0.25) is 0 Å². The van der Waals surface area contributed by atoms with Gasteiger partial charge in [0.25, 0.3) is 0 Å². The molecule has 0 N–H and O–H groups in total. The first-order chi connectivity index (χ1) is 8.75. The van der Waals surface area contributed by atoms with Crippen LogP contribution in [0.25, 0.3) is 6.08 Å². The summed E-state index contributed by atoms with van der Waals surface area (Å²) in [6.07, 6.45) is 8.65. The molecule has 5 heteroatoms. The van der Waals surface area contributed by atoms with Crippen LogP contribution in [0.2, 0.25) is 0 Å². The van der Waals surface area contributed by atoms with E-state index >= 15 is 0 Å². The molecule has 0 unspecified atom stereocenters. The molecule has 2 rings (SSSR count). The lowest BCUT2D eigenvalue weighted by Crippen LogP contribution is -2.07. The highest BCUT2D eigenvalue weighted by Crippen LogP contribution is 2.12. The van der Waals surface area contributed by atoms with Crippen LogP contribution in [-0.2, 0) is 0 Å². The first-order valence-corrected chi connectivity index (χ1v) is 5.59. The van der Waals surface area contributed by atoms with E-state index in [-0.39, 0.29) is 0 Å². The number of rotatable bonds is 4. The Labute approximate surface area is 106 Å². The smallest absolute Gasteiger partial charge is 0.141 e. The number of benzene rings is 1. The Bertz CT molecular complexity index is 523. The highest BCUT2D eigenvalue weighted by atomic mass is 15.4. The van der Waals surface area contributed by atoms with Gasteiger partial charge in [0.05, 0.1) is 0 Å². The molecule has 0 amide bonds. The molecule has 18 heavy (non-hydrogen) atoms. The van der Waals surface area contributed by atoms with Crippen LogP contribution in [0.3, 0.4) is 0 Å². The summed E-state index contributed by atoms with van der Waals surface area (Å²) in [6.45, 7) is 0. The standard InChI is InChI=1S/C13H15N5/c1-17(2)13-7-5-12(6-8-13)4-3-9-16-18-10-14-15-11-18/h3-11H,1-2H3. The van der Waals surface area contributed by atoms with Gasteiger partial charge in [0.15, 0.2) is 0 Å². The molecule has 0 fully saturated rings. The first-order valence-electron chi connectivity index (χ1n) is 5.59. The molecule has 5 nitrogen and oxygen atoms in total. The Balaban J connectivity index is 1.97. The summed E-state index contributed by atoms with van der Waals surface area (Å²) in [6, 6.07) is 8.30. The Morgan fingerprint density at radius 3 is 2.39 bits per heavy atom. The van der Waals surface area contributed by atoms with Gasteiger partial charge in [-0.05, 0) is 23.8 Å². The number of hydrogen-bond acceptors (Lipinski definition) is 4. The molecule has 0 aliphatic carbocycles.